The van der Waals surface area contributed by atoms with E-state index in [4.69, 9.17) is 17.3 Å². The van der Waals surface area contributed by atoms with Gasteiger partial charge in [0.25, 0.3) is 0 Å². The summed E-state index contributed by atoms with van der Waals surface area (Å²) in [6.45, 7) is 1.41. The molecular weight excluding hydrogens is 298 g/mol. The first-order valence-electron chi connectivity index (χ1n) is 6.25. The summed E-state index contributed by atoms with van der Waals surface area (Å²) in [5.41, 5.74) is 5.96. The summed E-state index contributed by atoms with van der Waals surface area (Å²) in [4.78, 5) is 12.0. The maximum Gasteiger partial charge on any atom is 0.226 e. The monoisotopic (exact) mass is 311 g/mol. The van der Waals surface area contributed by atoms with Gasteiger partial charge >= 0.3 is 0 Å². The summed E-state index contributed by atoms with van der Waals surface area (Å²) in [6.07, 6.45) is 0.515. The number of aromatic nitrogens is 4. The number of aliphatic hydroxyl groups excluding tert-OH is 3. The Balaban J connectivity index is 2.18. The van der Waals surface area contributed by atoms with Gasteiger partial charge in [-0.05, 0) is 11.6 Å². The number of allylic oxidation sites excluding steroid dienone is 1. The van der Waals surface area contributed by atoms with Crippen LogP contribution in [0, 0.1) is 5.41 Å². The quantitative estimate of drug-likeness (QED) is 0.596. The van der Waals surface area contributed by atoms with Gasteiger partial charge in [0.2, 0.25) is 5.28 Å². The fraction of sp³-hybridized carbons (Fsp3) is 0.417. The second-order valence-corrected chi connectivity index (χ2v) is 5.73. The van der Waals surface area contributed by atoms with E-state index in [0.29, 0.717) is 16.9 Å². The number of nitrogens with zero attached hydrogens (tertiary/aromatic N) is 4. The molecule has 5 N–H and O–H groups in total. The molecule has 0 aliphatic heterocycles. The van der Waals surface area contributed by atoms with Crippen LogP contribution in [0.3, 0.4) is 0 Å². The molecular formula is C12H14ClN5O3. The molecule has 0 spiro atoms. The molecule has 112 valence electrons. The predicted octanol–water partition coefficient (Wildman–Crippen LogP) is 0.552. The Kier molecular flexibility index (Phi) is 3.05. The molecule has 2 heterocycles. The fourth-order valence-electron chi connectivity index (χ4n) is 2.50. The molecule has 2 aromatic rings. The van der Waals surface area contributed by atoms with Crippen LogP contribution in [-0.2, 0) is 0 Å². The molecule has 0 saturated heterocycles. The molecule has 2 atom stereocenters. The third-order valence-electron chi connectivity index (χ3n) is 3.83. The lowest BCUT2D eigenvalue weighted by Crippen LogP contribution is -2.32. The van der Waals surface area contributed by atoms with E-state index in [9.17, 15) is 15.3 Å². The van der Waals surface area contributed by atoms with Gasteiger partial charge in [-0.15, -0.1) is 0 Å². The van der Waals surface area contributed by atoms with E-state index in [-0.39, 0.29) is 29.9 Å². The minimum absolute atomic E-state index is 0.0368. The van der Waals surface area contributed by atoms with Crippen molar-refractivity contribution in [2.75, 3.05) is 12.3 Å². The fourth-order valence-corrected chi connectivity index (χ4v) is 2.67. The summed E-state index contributed by atoms with van der Waals surface area (Å²) in [7, 11) is 0. The SMILES string of the molecule is C[C@]1(CO)CC(n2cnc3c(N)nc(Cl)nc32)=C(O)[C@@H]1O. The van der Waals surface area contributed by atoms with Crippen LogP contribution in [0.4, 0.5) is 5.82 Å². The van der Waals surface area contributed by atoms with Gasteiger partial charge in [0, 0.05) is 11.8 Å². The highest BCUT2D eigenvalue weighted by atomic mass is 35.5. The molecule has 0 amide bonds. The Morgan fingerprint density at radius 3 is 2.86 bits per heavy atom. The summed E-state index contributed by atoms with van der Waals surface area (Å²) >= 11 is 5.80. The molecule has 1 aliphatic rings. The minimum atomic E-state index is -1.16. The Labute approximate surface area is 124 Å². The van der Waals surface area contributed by atoms with Crippen LogP contribution < -0.4 is 5.73 Å². The van der Waals surface area contributed by atoms with E-state index in [1.165, 1.54) is 10.9 Å². The Bertz CT molecular complexity index is 759. The number of hydrogen-bond donors (Lipinski definition) is 4. The number of fused-ring (bicyclic) bond motifs is 1. The van der Waals surface area contributed by atoms with Crippen molar-refractivity contribution < 1.29 is 15.3 Å². The van der Waals surface area contributed by atoms with Crippen molar-refractivity contribution in [2.45, 2.75) is 19.4 Å². The molecule has 0 saturated carbocycles. The van der Waals surface area contributed by atoms with E-state index in [1.807, 2.05) is 0 Å². The number of aliphatic hydroxyl groups is 3. The van der Waals surface area contributed by atoms with Crippen molar-refractivity contribution >= 4 is 34.3 Å². The smallest absolute Gasteiger partial charge is 0.226 e. The molecule has 0 aromatic carbocycles. The van der Waals surface area contributed by atoms with Gasteiger partial charge in [-0.25, -0.2) is 4.98 Å². The van der Waals surface area contributed by atoms with Crippen LogP contribution in [0.1, 0.15) is 13.3 Å². The van der Waals surface area contributed by atoms with Gasteiger partial charge in [0.05, 0.1) is 12.3 Å². The summed E-state index contributed by atoms with van der Waals surface area (Å²) in [5, 5.41) is 29.6. The standard InChI is InChI=1S/C12H14ClN5O3/c1-12(3-19)2-5(7(20)8(12)21)18-4-15-6-9(14)16-11(13)17-10(6)18/h4,8,19-21H,2-3H2,1H3,(H2,14,16,17)/t8-,12+/m0/s1. The topological polar surface area (TPSA) is 130 Å². The van der Waals surface area contributed by atoms with Crippen LogP contribution in [0.2, 0.25) is 5.28 Å². The second-order valence-electron chi connectivity index (χ2n) is 5.39. The van der Waals surface area contributed by atoms with Crippen molar-refractivity contribution in [1.29, 1.82) is 0 Å². The van der Waals surface area contributed by atoms with Gasteiger partial charge in [-0.1, -0.05) is 6.92 Å². The summed E-state index contributed by atoms with van der Waals surface area (Å²) < 4.78 is 1.50. The van der Waals surface area contributed by atoms with Crippen LogP contribution >= 0.6 is 11.6 Å². The largest absolute Gasteiger partial charge is 0.508 e. The number of nitrogen functional groups attached to an aromatic ring is 1. The van der Waals surface area contributed by atoms with E-state index in [0.717, 1.165) is 0 Å². The van der Waals surface area contributed by atoms with E-state index in [2.05, 4.69) is 15.0 Å². The zero-order valence-corrected chi connectivity index (χ0v) is 11.9. The number of hydrogen-bond acceptors (Lipinski definition) is 7. The maximum absolute atomic E-state index is 10.2. The highest BCUT2D eigenvalue weighted by molar-refractivity contribution is 6.28. The van der Waals surface area contributed by atoms with Crippen molar-refractivity contribution in [3.63, 3.8) is 0 Å². The number of anilines is 1. The van der Waals surface area contributed by atoms with E-state index < -0.39 is 11.5 Å². The maximum atomic E-state index is 10.2. The lowest BCUT2D eigenvalue weighted by molar-refractivity contribution is 0.0122. The van der Waals surface area contributed by atoms with Crippen molar-refractivity contribution in [2.24, 2.45) is 5.41 Å². The van der Waals surface area contributed by atoms with Crippen molar-refractivity contribution in [1.82, 2.24) is 19.5 Å². The molecule has 9 heteroatoms. The zero-order valence-electron chi connectivity index (χ0n) is 11.2. The molecule has 0 fully saturated rings. The third-order valence-corrected chi connectivity index (χ3v) is 4.00. The van der Waals surface area contributed by atoms with Crippen LogP contribution in [-0.4, -0.2) is 47.5 Å². The number of imidazole rings is 1. The highest BCUT2D eigenvalue weighted by Crippen LogP contribution is 2.43. The Morgan fingerprint density at radius 1 is 1.52 bits per heavy atom. The third kappa shape index (κ3) is 1.95. The van der Waals surface area contributed by atoms with Crippen LogP contribution in [0.15, 0.2) is 12.1 Å². The molecule has 0 radical (unpaired) electrons. The molecule has 3 rings (SSSR count). The average Bonchev–Trinajstić information content (AvgIpc) is 2.95. The second kappa shape index (κ2) is 4.55. The van der Waals surface area contributed by atoms with E-state index >= 15 is 0 Å². The van der Waals surface area contributed by atoms with Crippen LogP contribution in [0.5, 0.6) is 0 Å². The number of halogens is 1. The number of nitrogens with two attached hydrogens (primary N) is 1. The predicted molar refractivity (Wildman–Crippen MR) is 76.4 cm³/mol. The van der Waals surface area contributed by atoms with E-state index in [1.54, 1.807) is 6.92 Å². The van der Waals surface area contributed by atoms with Gasteiger partial charge in [-0.2, -0.15) is 9.97 Å². The summed E-state index contributed by atoms with van der Waals surface area (Å²) in [6, 6.07) is 0. The molecule has 0 bridgehead atoms. The van der Waals surface area contributed by atoms with Crippen LogP contribution in [0.25, 0.3) is 16.9 Å². The van der Waals surface area contributed by atoms with Gasteiger partial charge in [0.15, 0.2) is 17.0 Å². The molecule has 2 aromatic heterocycles. The Morgan fingerprint density at radius 2 is 2.24 bits per heavy atom. The van der Waals surface area contributed by atoms with Gasteiger partial charge in [0.1, 0.15) is 18.2 Å². The first kappa shape index (κ1) is 14.1. The molecule has 21 heavy (non-hydrogen) atoms. The van der Waals surface area contributed by atoms with Crippen molar-refractivity contribution in [3.05, 3.63) is 17.4 Å². The normalized spacial score (nSPS) is 26.0. The lowest BCUT2D eigenvalue weighted by Gasteiger charge is -2.25. The summed E-state index contributed by atoms with van der Waals surface area (Å²) in [5.74, 6) is -0.0912. The first-order valence-corrected chi connectivity index (χ1v) is 6.62. The zero-order chi connectivity index (χ0) is 15.4. The minimum Gasteiger partial charge on any atom is -0.508 e. The van der Waals surface area contributed by atoms with Gasteiger partial charge < -0.3 is 21.1 Å². The first-order chi connectivity index (χ1) is 9.87. The average molecular weight is 312 g/mol. The molecule has 8 nitrogen and oxygen atoms in total. The molecule has 1 aliphatic carbocycles. The van der Waals surface area contributed by atoms with Crippen molar-refractivity contribution in [3.8, 4) is 0 Å². The molecule has 0 unspecified atom stereocenters. The number of rotatable bonds is 2. The highest BCUT2D eigenvalue weighted by Gasteiger charge is 2.44. The lowest BCUT2D eigenvalue weighted by atomic mass is 9.86. The van der Waals surface area contributed by atoms with Gasteiger partial charge in [-0.3, -0.25) is 4.57 Å². The Hall–Kier alpha value is -1.90.